The number of aromatic amines is 1. The molecule has 0 unspecified atom stereocenters. The maximum Gasteiger partial charge on any atom is 0.387 e. The van der Waals surface area contributed by atoms with Crippen molar-refractivity contribution < 1.29 is 27.2 Å². The van der Waals surface area contributed by atoms with E-state index in [1.165, 1.54) is 38.6 Å². The van der Waals surface area contributed by atoms with Gasteiger partial charge in [0.2, 0.25) is 0 Å². The summed E-state index contributed by atoms with van der Waals surface area (Å²) in [5.41, 5.74) is 1.38. The molecule has 2 heterocycles. The first-order valence-electron chi connectivity index (χ1n) is 7.40. The molecule has 3 aromatic rings. The molecule has 0 bridgehead atoms. The van der Waals surface area contributed by atoms with Gasteiger partial charge < -0.3 is 19.2 Å². The van der Waals surface area contributed by atoms with Gasteiger partial charge in [0.1, 0.15) is 5.75 Å². The second-order valence-electron chi connectivity index (χ2n) is 5.08. The minimum Gasteiger partial charge on any atom is -0.493 e. The Hall–Kier alpha value is -1.98. The van der Waals surface area contributed by atoms with Gasteiger partial charge in [0, 0.05) is 41.4 Å². The molecule has 0 aliphatic rings. The Bertz CT molecular complexity index is 955. The van der Waals surface area contributed by atoms with Crippen LogP contribution in [0.25, 0.3) is 11.0 Å². The van der Waals surface area contributed by atoms with Crippen molar-refractivity contribution in [1.82, 2.24) is 15.0 Å². The van der Waals surface area contributed by atoms with Crippen LogP contribution in [-0.2, 0) is 16.6 Å². The number of benzene rings is 1. The lowest BCUT2D eigenvalue weighted by Gasteiger charge is -2.10. The van der Waals surface area contributed by atoms with Crippen LogP contribution in [-0.4, -0.2) is 63.0 Å². The Morgan fingerprint density at radius 3 is 2.67 bits per heavy atom. The van der Waals surface area contributed by atoms with Gasteiger partial charge in [-0.2, -0.15) is 8.78 Å². The zero-order valence-electron chi connectivity index (χ0n) is 14.6. The van der Waals surface area contributed by atoms with E-state index in [0.29, 0.717) is 28.2 Å². The fourth-order valence-electron chi connectivity index (χ4n) is 2.40. The number of halogens is 2. The van der Waals surface area contributed by atoms with Gasteiger partial charge in [-0.05, 0) is 12.1 Å². The molecule has 7 nitrogen and oxygen atoms in total. The average Bonchev–Trinajstić information content (AvgIpc) is 3.04. The van der Waals surface area contributed by atoms with Crippen LogP contribution in [0.15, 0.2) is 35.6 Å². The van der Waals surface area contributed by atoms with Crippen molar-refractivity contribution in [3.8, 4) is 17.2 Å². The fourth-order valence-corrected chi connectivity index (χ4v) is 3.41. The smallest absolute Gasteiger partial charge is 0.387 e. The van der Waals surface area contributed by atoms with E-state index in [2.05, 4.69) is 19.7 Å². The number of ether oxygens (including phenoxy) is 3. The molecule has 0 fully saturated rings. The Kier molecular flexibility index (Phi) is 7.33. The summed E-state index contributed by atoms with van der Waals surface area (Å²) in [5.74, 6) is 0.908. The maximum absolute atomic E-state index is 12.6. The van der Waals surface area contributed by atoms with E-state index in [9.17, 15) is 13.0 Å². The van der Waals surface area contributed by atoms with Crippen LogP contribution in [0.4, 0.5) is 8.78 Å². The van der Waals surface area contributed by atoms with Crippen molar-refractivity contribution in [1.29, 1.82) is 0 Å². The number of nitrogens with one attached hydrogen (secondary N) is 1. The lowest BCUT2D eigenvalue weighted by Crippen LogP contribution is -2.04. The van der Waals surface area contributed by atoms with Crippen LogP contribution >= 0.6 is 0 Å². The lowest BCUT2D eigenvalue weighted by molar-refractivity contribution is -0.0497. The first-order chi connectivity index (χ1) is 12.5. The third-order valence-corrected chi connectivity index (χ3v) is 4.67. The van der Waals surface area contributed by atoms with Crippen LogP contribution in [0.3, 0.4) is 0 Å². The van der Waals surface area contributed by atoms with Gasteiger partial charge in [0.15, 0.2) is 16.7 Å². The Morgan fingerprint density at radius 2 is 2.00 bits per heavy atom. The maximum atomic E-state index is 12.6. The number of nitrogens with zero attached hydrogens (tertiary/aromatic N) is 2. The number of hydrogen-bond acceptors (Lipinski definition) is 6. The molecule has 2 radical (unpaired) electrons. The summed E-state index contributed by atoms with van der Waals surface area (Å²) in [6.07, 6.45) is 1.53. The van der Waals surface area contributed by atoms with Gasteiger partial charge in [0.25, 0.3) is 0 Å². The lowest BCUT2D eigenvalue weighted by atomic mass is 10.3. The molecule has 0 aliphatic carbocycles. The Labute approximate surface area is 172 Å². The summed E-state index contributed by atoms with van der Waals surface area (Å²) >= 11 is 0. The van der Waals surface area contributed by atoms with Crippen molar-refractivity contribution in [2.45, 2.75) is 17.5 Å². The summed E-state index contributed by atoms with van der Waals surface area (Å²) in [7, 11) is 1.41. The molecule has 2 aromatic heterocycles. The largest absolute Gasteiger partial charge is 0.493 e. The van der Waals surface area contributed by atoms with Crippen molar-refractivity contribution in [3.05, 3.63) is 36.2 Å². The Balaban J connectivity index is 0.00000261. The summed E-state index contributed by atoms with van der Waals surface area (Å²) in [5, 5.41) is 0.195. The van der Waals surface area contributed by atoms with Gasteiger partial charge in [-0.1, -0.05) is 0 Å². The van der Waals surface area contributed by atoms with E-state index in [0.717, 1.165) is 0 Å². The second-order valence-corrected chi connectivity index (χ2v) is 6.45. The highest BCUT2D eigenvalue weighted by Gasteiger charge is 2.17. The minimum absolute atomic E-state index is 0. The number of alkyl halides is 2. The molecule has 0 spiro atoms. The van der Waals surface area contributed by atoms with Crippen molar-refractivity contribution in [3.63, 3.8) is 0 Å². The minimum atomic E-state index is -2.92. The first kappa shape index (κ1) is 21.3. The molecule has 11 heteroatoms. The van der Waals surface area contributed by atoms with Crippen LogP contribution < -0.4 is 14.2 Å². The highest BCUT2D eigenvalue weighted by molar-refractivity contribution is 7.84. The molecule has 0 aliphatic heterocycles. The highest BCUT2D eigenvalue weighted by atomic mass is 32.2. The zero-order chi connectivity index (χ0) is 18.7. The molecule has 3 rings (SSSR count). The molecule has 0 saturated heterocycles. The third-order valence-electron chi connectivity index (χ3n) is 3.51. The molecule has 1 N–H and O–H groups in total. The van der Waals surface area contributed by atoms with Crippen molar-refractivity contribution in [2.24, 2.45) is 0 Å². The monoisotopic (exact) mass is 407 g/mol. The van der Waals surface area contributed by atoms with E-state index >= 15 is 0 Å². The first-order valence-corrected chi connectivity index (χ1v) is 8.72. The van der Waals surface area contributed by atoms with Gasteiger partial charge in [-0.15, -0.1) is 0 Å². The molecule has 140 valence electrons. The number of pyridine rings is 1. The SMILES string of the molecule is COc1ccnc(C[S@](=O)c2nc3ccc(OC(F)F)cc3[nH]2)c1OC.[Mg]. The molecule has 0 amide bonds. The molecule has 0 saturated carbocycles. The summed E-state index contributed by atoms with van der Waals surface area (Å²) < 4.78 is 52.1. The number of methoxy groups -OCH3 is 2. The molecule has 27 heavy (non-hydrogen) atoms. The van der Waals surface area contributed by atoms with E-state index in [4.69, 9.17) is 9.47 Å². The molecule has 1 atom stereocenters. The number of hydrogen-bond donors (Lipinski definition) is 1. The Morgan fingerprint density at radius 1 is 1.22 bits per heavy atom. The molecule has 1 aromatic carbocycles. The number of aromatic nitrogens is 3. The predicted molar refractivity (Wildman–Crippen MR) is 95.9 cm³/mol. The standard InChI is InChI=1S/C16H15F2N3O4S.Mg/c1-23-13-5-6-19-12(14(13)24-2)8-26(22)16-20-10-4-3-9(25-15(17)18)7-11(10)21-16;/h3-7,15H,8H2,1-2H3,(H,20,21);/t26-;/m0./s1. The van der Waals surface area contributed by atoms with Crippen molar-refractivity contribution in [2.75, 3.05) is 14.2 Å². The zero-order valence-corrected chi connectivity index (χ0v) is 16.8. The fraction of sp³-hybridized carbons (Fsp3) is 0.250. The third kappa shape index (κ3) is 4.85. The van der Waals surface area contributed by atoms with Crippen LogP contribution in [0.5, 0.6) is 17.2 Å². The highest BCUT2D eigenvalue weighted by Crippen LogP contribution is 2.30. The van der Waals surface area contributed by atoms with E-state index in [-0.39, 0.29) is 39.7 Å². The predicted octanol–water partition coefficient (Wildman–Crippen LogP) is 2.50. The normalized spacial score (nSPS) is 11.9. The number of H-pyrrole nitrogens is 1. The summed E-state index contributed by atoms with van der Waals surface area (Å²) in [4.78, 5) is 11.3. The quantitative estimate of drug-likeness (QED) is 0.606. The summed E-state index contributed by atoms with van der Waals surface area (Å²) in [6.45, 7) is -2.92. The van der Waals surface area contributed by atoms with Crippen LogP contribution in [0.1, 0.15) is 5.69 Å². The van der Waals surface area contributed by atoms with E-state index < -0.39 is 17.4 Å². The average molecular weight is 408 g/mol. The van der Waals surface area contributed by atoms with Crippen LogP contribution in [0.2, 0.25) is 0 Å². The van der Waals surface area contributed by atoms with Gasteiger partial charge >= 0.3 is 6.61 Å². The molecular formula is C16H15F2MgN3O4S. The number of imidazole rings is 1. The number of fused-ring (bicyclic) bond motifs is 1. The van der Waals surface area contributed by atoms with Crippen LogP contribution in [0, 0.1) is 0 Å². The van der Waals surface area contributed by atoms with Gasteiger partial charge in [-0.3, -0.25) is 9.19 Å². The summed E-state index contributed by atoms with van der Waals surface area (Å²) in [6, 6.07) is 5.89. The topological polar surface area (TPSA) is 86.3 Å². The van der Waals surface area contributed by atoms with Gasteiger partial charge in [0.05, 0.1) is 47.5 Å². The van der Waals surface area contributed by atoms with E-state index in [1.54, 1.807) is 6.07 Å². The van der Waals surface area contributed by atoms with E-state index in [1.807, 2.05) is 0 Å². The second kappa shape index (κ2) is 9.29. The number of rotatable bonds is 7. The van der Waals surface area contributed by atoms with Crippen molar-refractivity contribution >= 4 is 44.9 Å². The molecular weight excluding hydrogens is 393 g/mol. The van der Waals surface area contributed by atoms with Gasteiger partial charge in [-0.25, -0.2) is 4.98 Å².